The first kappa shape index (κ1) is 21.5. The van der Waals surface area contributed by atoms with Crippen LogP contribution in [-0.2, 0) is 15.8 Å². The second kappa shape index (κ2) is 8.08. The molecule has 166 valence electrons. The largest absolute Gasteiger partial charge is 0.490 e. The molecule has 2 aromatic heterocycles. The lowest BCUT2D eigenvalue weighted by Gasteiger charge is -2.27. The molecule has 0 atom stereocenters. The van der Waals surface area contributed by atoms with Gasteiger partial charge in [-0.25, -0.2) is 18.4 Å². The maximum Gasteiger partial charge on any atom is 0.259 e. The highest BCUT2D eigenvalue weighted by Gasteiger charge is 2.27. The standard InChI is InChI=1S/C21H22N6O4S/c1-21(2,25-20(28)14-6-7-24-17(10-14)27-9-8-23-13-27)12-31-16-5-3-4-15-11-32(29,30)26-19(22)18(15)16/h3-10,13H,11-12H2,1-2H3,(H2,22,26)(H,25,28). The van der Waals surface area contributed by atoms with Crippen molar-refractivity contribution < 1.29 is 17.9 Å². The molecule has 1 amide bonds. The number of ether oxygens (including phenoxy) is 1. The molecule has 3 heterocycles. The van der Waals surface area contributed by atoms with Crippen LogP contribution in [0.2, 0.25) is 0 Å². The Morgan fingerprint density at radius 3 is 2.84 bits per heavy atom. The topological polar surface area (TPSA) is 142 Å². The number of amidine groups is 1. The Morgan fingerprint density at radius 1 is 1.28 bits per heavy atom. The maximum absolute atomic E-state index is 12.8. The Bertz CT molecular complexity index is 1300. The first-order chi connectivity index (χ1) is 15.1. The number of hydrogen-bond acceptors (Lipinski definition) is 7. The number of benzene rings is 1. The lowest BCUT2D eigenvalue weighted by atomic mass is 10.0. The third-order valence-electron chi connectivity index (χ3n) is 4.76. The molecule has 11 heteroatoms. The third-order valence-corrected chi connectivity index (χ3v) is 5.91. The van der Waals surface area contributed by atoms with Crippen molar-refractivity contribution in [3.8, 4) is 11.6 Å². The molecule has 1 aromatic carbocycles. The fourth-order valence-electron chi connectivity index (χ4n) is 3.30. The summed E-state index contributed by atoms with van der Waals surface area (Å²) in [5, 5.41) is 2.95. The molecule has 3 aromatic rings. The van der Waals surface area contributed by atoms with E-state index in [1.54, 1.807) is 59.8 Å². The van der Waals surface area contributed by atoms with E-state index in [1.165, 1.54) is 0 Å². The van der Waals surface area contributed by atoms with Crippen LogP contribution in [0, 0.1) is 0 Å². The summed E-state index contributed by atoms with van der Waals surface area (Å²) in [6, 6.07) is 8.35. The van der Waals surface area contributed by atoms with Gasteiger partial charge in [-0.2, -0.15) is 0 Å². The van der Waals surface area contributed by atoms with Crippen molar-refractivity contribution in [2.75, 3.05) is 6.61 Å². The van der Waals surface area contributed by atoms with Crippen LogP contribution in [0.3, 0.4) is 0 Å². The number of carbonyl (C=O) groups is 1. The first-order valence-corrected chi connectivity index (χ1v) is 11.3. The molecule has 0 aliphatic carbocycles. The van der Waals surface area contributed by atoms with Gasteiger partial charge in [0.15, 0.2) is 0 Å². The van der Waals surface area contributed by atoms with Crippen molar-refractivity contribution >= 4 is 21.8 Å². The van der Waals surface area contributed by atoms with Gasteiger partial charge in [-0.15, -0.1) is 4.40 Å². The number of nitrogens with one attached hydrogen (secondary N) is 1. The molecule has 1 aliphatic heterocycles. The Kier molecular flexibility index (Phi) is 5.43. The molecule has 0 saturated carbocycles. The van der Waals surface area contributed by atoms with Gasteiger partial charge in [0.2, 0.25) is 0 Å². The quantitative estimate of drug-likeness (QED) is 0.573. The van der Waals surface area contributed by atoms with E-state index in [-0.39, 0.29) is 24.1 Å². The summed E-state index contributed by atoms with van der Waals surface area (Å²) in [6.45, 7) is 3.76. The minimum absolute atomic E-state index is 0.104. The summed E-state index contributed by atoms with van der Waals surface area (Å²) in [4.78, 5) is 21.1. The molecule has 0 spiro atoms. The van der Waals surface area contributed by atoms with Gasteiger partial charge in [0.05, 0.1) is 16.9 Å². The van der Waals surface area contributed by atoms with E-state index in [1.807, 2.05) is 13.8 Å². The van der Waals surface area contributed by atoms with E-state index in [2.05, 4.69) is 19.7 Å². The van der Waals surface area contributed by atoms with Crippen molar-refractivity contribution in [1.82, 2.24) is 19.9 Å². The number of fused-ring (bicyclic) bond motifs is 1. The number of carbonyl (C=O) groups excluding carboxylic acids is 1. The summed E-state index contributed by atoms with van der Waals surface area (Å²) >= 11 is 0. The Balaban J connectivity index is 1.47. The predicted octanol–water partition coefficient (Wildman–Crippen LogP) is 1.40. The number of rotatable bonds is 6. The molecule has 0 saturated heterocycles. The van der Waals surface area contributed by atoms with E-state index in [0.717, 1.165) is 0 Å². The number of sulfonamides is 1. The normalized spacial score (nSPS) is 14.9. The van der Waals surface area contributed by atoms with Crippen molar-refractivity contribution in [2.24, 2.45) is 10.1 Å². The molecule has 0 bridgehead atoms. The molecule has 32 heavy (non-hydrogen) atoms. The zero-order valence-electron chi connectivity index (χ0n) is 17.5. The minimum Gasteiger partial charge on any atom is -0.490 e. The molecule has 4 rings (SSSR count). The highest BCUT2D eigenvalue weighted by molar-refractivity contribution is 7.89. The Hall–Kier alpha value is -3.73. The number of nitrogens with zero attached hydrogens (tertiary/aromatic N) is 4. The van der Waals surface area contributed by atoms with Crippen molar-refractivity contribution in [3.05, 3.63) is 71.9 Å². The molecule has 0 radical (unpaired) electrons. The number of hydrogen-bond donors (Lipinski definition) is 2. The number of nitrogens with two attached hydrogens (primary N) is 1. The van der Waals surface area contributed by atoms with E-state index in [4.69, 9.17) is 10.5 Å². The Labute approximate surface area is 185 Å². The van der Waals surface area contributed by atoms with Crippen molar-refractivity contribution in [2.45, 2.75) is 25.1 Å². The van der Waals surface area contributed by atoms with Gasteiger partial charge < -0.3 is 15.8 Å². The number of aromatic nitrogens is 3. The van der Waals surface area contributed by atoms with E-state index < -0.39 is 15.6 Å². The first-order valence-electron chi connectivity index (χ1n) is 9.74. The maximum atomic E-state index is 12.8. The third kappa shape index (κ3) is 4.62. The van der Waals surface area contributed by atoms with E-state index in [9.17, 15) is 13.2 Å². The fourth-order valence-corrected chi connectivity index (χ4v) is 4.39. The zero-order chi connectivity index (χ0) is 22.9. The number of pyridine rings is 1. The highest BCUT2D eigenvalue weighted by Crippen LogP contribution is 2.28. The van der Waals surface area contributed by atoms with Crippen LogP contribution in [0.25, 0.3) is 5.82 Å². The number of amides is 1. The predicted molar refractivity (Wildman–Crippen MR) is 118 cm³/mol. The van der Waals surface area contributed by atoms with E-state index in [0.29, 0.717) is 28.3 Å². The SMILES string of the molecule is CC(C)(COc1cccc2c1C(N)=NS(=O)(=O)C2)NC(=O)c1ccnc(-n2ccnc2)c1. The summed E-state index contributed by atoms with van der Waals surface area (Å²) in [5.41, 5.74) is 6.57. The summed E-state index contributed by atoms with van der Waals surface area (Å²) in [7, 11) is -3.63. The van der Waals surface area contributed by atoms with Crippen LogP contribution in [0.5, 0.6) is 5.75 Å². The zero-order valence-corrected chi connectivity index (χ0v) is 18.3. The van der Waals surface area contributed by atoms with Crippen LogP contribution in [-0.4, -0.2) is 46.8 Å². The van der Waals surface area contributed by atoms with Gasteiger partial charge in [-0.05, 0) is 37.6 Å². The van der Waals surface area contributed by atoms with E-state index >= 15 is 0 Å². The second-order valence-electron chi connectivity index (χ2n) is 7.99. The van der Waals surface area contributed by atoms with Gasteiger partial charge in [0.25, 0.3) is 15.9 Å². The van der Waals surface area contributed by atoms with Crippen LogP contribution in [0.4, 0.5) is 0 Å². The van der Waals surface area contributed by atoms with Gasteiger partial charge >= 0.3 is 0 Å². The molecular weight excluding hydrogens is 432 g/mol. The lowest BCUT2D eigenvalue weighted by molar-refractivity contribution is 0.0880. The average Bonchev–Trinajstić information content (AvgIpc) is 3.26. The van der Waals surface area contributed by atoms with Gasteiger partial charge in [0, 0.05) is 24.2 Å². The summed E-state index contributed by atoms with van der Waals surface area (Å²) in [5.74, 6) is 0.357. The lowest BCUT2D eigenvalue weighted by Crippen LogP contribution is -2.48. The van der Waals surface area contributed by atoms with Crippen LogP contribution in [0.15, 0.2) is 59.6 Å². The van der Waals surface area contributed by atoms with Crippen molar-refractivity contribution in [1.29, 1.82) is 0 Å². The van der Waals surface area contributed by atoms with Gasteiger partial charge in [0.1, 0.15) is 30.3 Å². The Morgan fingerprint density at radius 2 is 2.09 bits per heavy atom. The molecule has 3 N–H and O–H groups in total. The van der Waals surface area contributed by atoms with Crippen molar-refractivity contribution in [3.63, 3.8) is 0 Å². The highest BCUT2D eigenvalue weighted by atomic mass is 32.2. The average molecular weight is 455 g/mol. The molecule has 10 nitrogen and oxygen atoms in total. The smallest absolute Gasteiger partial charge is 0.259 e. The summed E-state index contributed by atoms with van der Waals surface area (Å²) < 4.78 is 34.9. The van der Waals surface area contributed by atoms with Gasteiger partial charge in [-0.1, -0.05) is 12.1 Å². The number of imidazole rings is 1. The molecule has 0 fully saturated rings. The fraction of sp³-hybridized carbons (Fsp3) is 0.238. The second-order valence-corrected chi connectivity index (χ2v) is 9.63. The molecule has 0 unspecified atom stereocenters. The van der Waals surface area contributed by atoms with Crippen LogP contribution >= 0.6 is 0 Å². The summed E-state index contributed by atoms with van der Waals surface area (Å²) in [6.07, 6.45) is 6.52. The van der Waals surface area contributed by atoms with Crippen LogP contribution < -0.4 is 15.8 Å². The molecular formula is C21H22N6O4S. The monoisotopic (exact) mass is 454 g/mol. The minimum atomic E-state index is -3.63. The van der Waals surface area contributed by atoms with Crippen LogP contribution in [0.1, 0.15) is 35.3 Å². The van der Waals surface area contributed by atoms with Gasteiger partial charge in [-0.3, -0.25) is 9.36 Å². The molecule has 1 aliphatic rings.